The Labute approximate surface area is 138 Å². The predicted octanol–water partition coefficient (Wildman–Crippen LogP) is 2.61. The van der Waals surface area contributed by atoms with E-state index in [-0.39, 0.29) is 12.0 Å². The van der Waals surface area contributed by atoms with E-state index >= 15 is 0 Å². The van der Waals surface area contributed by atoms with Gasteiger partial charge in [0.25, 0.3) is 0 Å². The minimum atomic E-state index is -0.0571. The molecule has 1 N–H and O–H groups in total. The summed E-state index contributed by atoms with van der Waals surface area (Å²) >= 11 is 5.65. The van der Waals surface area contributed by atoms with Crippen molar-refractivity contribution >= 4 is 17.5 Å². The van der Waals surface area contributed by atoms with Crippen molar-refractivity contribution < 1.29 is 18.8 Å². The van der Waals surface area contributed by atoms with Crippen molar-refractivity contribution in [1.29, 1.82) is 0 Å². The number of aromatic nitrogens is 1. The van der Waals surface area contributed by atoms with E-state index in [0.29, 0.717) is 43.3 Å². The van der Waals surface area contributed by atoms with E-state index in [1.807, 2.05) is 24.3 Å². The van der Waals surface area contributed by atoms with Gasteiger partial charge in [0.1, 0.15) is 18.5 Å². The molecular formula is C16H17ClN2O4. The number of carbonyl (C=O) groups is 1. The minimum absolute atomic E-state index is 0.0466. The monoisotopic (exact) mass is 336 g/mol. The van der Waals surface area contributed by atoms with Crippen LogP contribution in [0.25, 0.3) is 0 Å². The Kier molecular flexibility index (Phi) is 5.02. The molecule has 1 atom stereocenters. The van der Waals surface area contributed by atoms with Crippen LogP contribution in [-0.4, -0.2) is 30.3 Å². The zero-order chi connectivity index (χ0) is 16.1. The number of hydrogen-bond donors (Lipinski definition) is 1. The molecule has 0 bridgehead atoms. The predicted molar refractivity (Wildman–Crippen MR) is 83.8 cm³/mol. The van der Waals surface area contributed by atoms with Gasteiger partial charge in [-0.25, -0.2) is 0 Å². The van der Waals surface area contributed by atoms with E-state index in [2.05, 4.69) is 10.5 Å². The van der Waals surface area contributed by atoms with Gasteiger partial charge < -0.3 is 19.3 Å². The number of aryl methyl sites for hydroxylation is 1. The van der Waals surface area contributed by atoms with Crippen LogP contribution < -0.4 is 14.8 Å². The average Bonchev–Trinajstić information content (AvgIpc) is 2.98. The fourth-order valence-corrected chi connectivity index (χ4v) is 2.46. The van der Waals surface area contributed by atoms with Crippen LogP contribution >= 0.6 is 11.6 Å². The van der Waals surface area contributed by atoms with E-state index in [1.54, 1.807) is 6.07 Å². The number of para-hydroxylation sites is 2. The van der Waals surface area contributed by atoms with Crippen molar-refractivity contribution in [1.82, 2.24) is 10.5 Å². The van der Waals surface area contributed by atoms with E-state index < -0.39 is 0 Å². The highest BCUT2D eigenvalue weighted by Crippen LogP contribution is 2.31. The van der Waals surface area contributed by atoms with Crippen LogP contribution in [0, 0.1) is 0 Å². The fourth-order valence-electron chi connectivity index (χ4n) is 2.31. The lowest BCUT2D eigenvalue weighted by Crippen LogP contribution is -2.34. The van der Waals surface area contributed by atoms with Gasteiger partial charge in [0.2, 0.25) is 5.91 Å². The molecule has 0 saturated carbocycles. The number of benzene rings is 1. The molecule has 0 aliphatic carbocycles. The van der Waals surface area contributed by atoms with Crippen molar-refractivity contribution in [3.8, 4) is 11.5 Å². The molecule has 3 rings (SSSR count). The van der Waals surface area contributed by atoms with Crippen LogP contribution in [0.3, 0.4) is 0 Å². The maximum atomic E-state index is 11.8. The molecule has 0 fully saturated rings. The molecule has 0 saturated heterocycles. The Balaban J connectivity index is 1.36. The quantitative estimate of drug-likeness (QED) is 0.877. The van der Waals surface area contributed by atoms with Crippen LogP contribution in [0.5, 0.6) is 11.5 Å². The summed E-state index contributed by atoms with van der Waals surface area (Å²) in [6.45, 7) is 1.02. The second kappa shape index (κ2) is 7.37. The van der Waals surface area contributed by atoms with Gasteiger partial charge in [-0.05, 0) is 12.1 Å². The summed E-state index contributed by atoms with van der Waals surface area (Å²) in [6.07, 6.45) is 1.44. The summed E-state index contributed by atoms with van der Waals surface area (Å²) in [5.41, 5.74) is 0. The lowest BCUT2D eigenvalue weighted by Gasteiger charge is -2.26. The number of fused-ring (bicyclic) bond motifs is 1. The number of nitrogens with one attached hydrogen (secondary N) is 1. The van der Waals surface area contributed by atoms with Crippen molar-refractivity contribution in [3.63, 3.8) is 0 Å². The third-order valence-electron chi connectivity index (χ3n) is 3.48. The maximum Gasteiger partial charge on any atom is 0.220 e. The number of nitrogens with zero attached hydrogens (tertiary/aromatic N) is 1. The maximum absolute atomic E-state index is 11.8. The molecule has 7 heteroatoms. The molecular weight excluding hydrogens is 320 g/mol. The Bertz CT molecular complexity index is 674. The Morgan fingerprint density at radius 1 is 1.35 bits per heavy atom. The Morgan fingerprint density at radius 3 is 2.96 bits per heavy atom. The highest BCUT2D eigenvalue weighted by molar-refractivity contribution is 6.29. The summed E-state index contributed by atoms with van der Waals surface area (Å²) in [4.78, 5) is 11.8. The topological polar surface area (TPSA) is 73.6 Å². The lowest BCUT2D eigenvalue weighted by molar-refractivity contribution is -0.121. The van der Waals surface area contributed by atoms with Crippen molar-refractivity contribution in [3.05, 3.63) is 41.2 Å². The minimum Gasteiger partial charge on any atom is -0.486 e. The SMILES string of the molecule is O=C(CCc1cc(Cl)no1)NCCC1COc2ccccc2O1. The molecule has 2 aromatic rings. The molecule has 23 heavy (non-hydrogen) atoms. The van der Waals surface area contributed by atoms with Crippen molar-refractivity contribution in [2.24, 2.45) is 0 Å². The highest BCUT2D eigenvalue weighted by Gasteiger charge is 2.20. The number of halogens is 1. The fraction of sp³-hybridized carbons (Fsp3) is 0.375. The molecule has 122 valence electrons. The van der Waals surface area contributed by atoms with Gasteiger partial charge in [-0.3, -0.25) is 4.79 Å². The first-order valence-electron chi connectivity index (χ1n) is 7.47. The summed E-state index contributed by atoms with van der Waals surface area (Å²) in [6, 6.07) is 9.18. The molecule has 0 radical (unpaired) electrons. The van der Waals surface area contributed by atoms with Gasteiger partial charge in [0, 0.05) is 31.9 Å². The van der Waals surface area contributed by atoms with Crippen LogP contribution in [-0.2, 0) is 11.2 Å². The average molecular weight is 337 g/mol. The smallest absolute Gasteiger partial charge is 0.220 e. The number of amides is 1. The molecule has 0 spiro atoms. The zero-order valence-corrected chi connectivity index (χ0v) is 13.2. The van der Waals surface area contributed by atoms with E-state index in [0.717, 1.165) is 11.5 Å². The molecule has 1 unspecified atom stereocenters. The third-order valence-corrected chi connectivity index (χ3v) is 3.66. The van der Waals surface area contributed by atoms with Crippen LogP contribution in [0.2, 0.25) is 5.15 Å². The first-order chi connectivity index (χ1) is 11.2. The number of ether oxygens (including phenoxy) is 2. The van der Waals surface area contributed by atoms with Crippen LogP contribution in [0.1, 0.15) is 18.6 Å². The van der Waals surface area contributed by atoms with Gasteiger partial charge >= 0.3 is 0 Å². The van der Waals surface area contributed by atoms with Gasteiger partial charge in [-0.1, -0.05) is 28.9 Å². The number of carbonyl (C=O) groups excluding carboxylic acids is 1. The van der Waals surface area contributed by atoms with Crippen LogP contribution in [0.15, 0.2) is 34.9 Å². The van der Waals surface area contributed by atoms with E-state index in [9.17, 15) is 4.79 Å². The number of rotatable bonds is 6. The number of hydrogen-bond acceptors (Lipinski definition) is 5. The summed E-state index contributed by atoms with van der Waals surface area (Å²) < 4.78 is 16.4. The summed E-state index contributed by atoms with van der Waals surface area (Å²) in [5.74, 6) is 2.07. The first kappa shape index (κ1) is 15.7. The molecule has 6 nitrogen and oxygen atoms in total. The molecule has 1 aromatic carbocycles. The summed E-state index contributed by atoms with van der Waals surface area (Å²) in [7, 11) is 0. The zero-order valence-electron chi connectivity index (χ0n) is 12.5. The van der Waals surface area contributed by atoms with Crippen molar-refractivity contribution in [2.45, 2.75) is 25.4 Å². The second-order valence-electron chi connectivity index (χ2n) is 5.25. The first-order valence-corrected chi connectivity index (χ1v) is 7.85. The molecule has 1 aliphatic heterocycles. The third kappa shape index (κ3) is 4.39. The van der Waals surface area contributed by atoms with Gasteiger partial charge in [-0.15, -0.1) is 0 Å². The molecule has 1 aliphatic rings. The largest absolute Gasteiger partial charge is 0.486 e. The van der Waals surface area contributed by atoms with E-state index in [4.69, 9.17) is 25.6 Å². The van der Waals surface area contributed by atoms with Crippen LogP contribution in [0.4, 0.5) is 0 Å². The Morgan fingerprint density at radius 2 is 2.17 bits per heavy atom. The van der Waals surface area contributed by atoms with Gasteiger partial charge in [0.15, 0.2) is 16.7 Å². The molecule has 1 amide bonds. The molecule has 2 heterocycles. The second-order valence-corrected chi connectivity index (χ2v) is 5.64. The standard InChI is InChI=1S/C16H17ClN2O4/c17-15-9-11(23-19-15)5-6-16(20)18-8-7-12-10-21-13-3-1-2-4-14(13)22-12/h1-4,9,12H,5-8,10H2,(H,18,20). The normalized spacial score (nSPS) is 16.1. The summed E-state index contributed by atoms with van der Waals surface area (Å²) in [5, 5.41) is 6.73. The van der Waals surface area contributed by atoms with Gasteiger partial charge in [-0.2, -0.15) is 0 Å². The lowest BCUT2D eigenvalue weighted by atomic mass is 10.2. The highest BCUT2D eigenvalue weighted by atomic mass is 35.5. The molecule has 1 aromatic heterocycles. The Hall–Kier alpha value is -2.21. The van der Waals surface area contributed by atoms with E-state index in [1.165, 1.54) is 0 Å². The van der Waals surface area contributed by atoms with Gasteiger partial charge in [0.05, 0.1) is 0 Å². The van der Waals surface area contributed by atoms with Crippen molar-refractivity contribution in [2.75, 3.05) is 13.2 Å².